The molecular formula is C25H39NO. The molecule has 0 aromatic rings. The monoisotopic (exact) mass is 369 g/mol. The lowest BCUT2D eigenvalue weighted by Crippen LogP contribution is -2.56. The van der Waals surface area contributed by atoms with E-state index in [9.17, 15) is 4.79 Å². The Morgan fingerprint density at radius 2 is 1.81 bits per heavy atom. The van der Waals surface area contributed by atoms with Gasteiger partial charge in [0.05, 0.1) is 0 Å². The van der Waals surface area contributed by atoms with Gasteiger partial charge in [0.25, 0.3) is 0 Å². The molecule has 4 fully saturated rings. The first-order valence-electron chi connectivity index (χ1n) is 11.5. The molecule has 150 valence electrons. The summed E-state index contributed by atoms with van der Waals surface area (Å²) in [6.45, 7) is 10.00. The normalized spacial score (nSPS) is 56.9. The Hall–Kier alpha value is -0.630. The number of fused-ring (bicyclic) bond motifs is 2. The average Bonchev–Trinajstić information content (AvgIpc) is 3.21. The van der Waals surface area contributed by atoms with Gasteiger partial charge in [0.2, 0.25) is 0 Å². The van der Waals surface area contributed by atoms with Gasteiger partial charge >= 0.3 is 0 Å². The van der Waals surface area contributed by atoms with Gasteiger partial charge in [0.15, 0.2) is 5.78 Å². The van der Waals surface area contributed by atoms with Crippen LogP contribution in [0.4, 0.5) is 0 Å². The zero-order valence-electron chi connectivity index (χ0n) is 18.3. The minimum absolute atomic E-state index is 0.251. The standard InChI is InChI=1S/C25H39NO/c1-16-18-7-8-21-23(4)11-9-19(17(2)26(5)6)22(23,3)13-14-25(21)15-24(18,25)12-10-20(16)27/h10,12,16-19,21H,7-9,11,13-15H2,1-6H3/t16-,17+,18+,19-,21+,22-,23+,24-,25+/m1/s1. The van der Waals surface area contributed by atoms with E-state index in [4.69, 9.17) is 0 Å². The van der Waals surface area contributed by atoms with Gasteiger partial charge in [-0.2, -0.15) is 0 Å². The highest BCUT2D eigenvalue weighted by atomic mass is 16.1. The largest absolute Gasteiger partial charge is 0.306 e. The molecule has 0 aromatic carbocycles. The average molecular weight is 370 g/mol. The number of carbonyl (C=O) groups excluding carboxylic acids is 1. The molecule has 5 aliphatic carbocycles. The molecule has 27 heavy (non-hydrogen) atoms. The topological polar surface area (TPSA) is 20.3 Å². The molecule has 0 saturated heterocycles. The summed E-state index contributed by atoms with van der Waals surface area (Å²) >= 11 is 0. The van der Waals surface area contributed by atoms with Crippen LogP contribution in [0, 0.1) is 45.3 Å². The predicted molar refractivity (Wildman–Crippen MR) is 110 cm³/mol. The van der Waals surface area contributed by atoms with Gasteiger partial charge in [-0.3, -0.25) is 4.79 Å². The molecule has 0 bridgehead atoms. The third-order valence-corrected chi connectivity index (χ3v) is 11.5. The zero-order chi connectivity index (χ0) is 19.4. The molecular weight excluding hydrogens is 330 g/mol. The van der Waals surface area contributed by atoms with Gasteiger partial charge in [0.1, 0.15) is 0 Å². The number of carbonyl (C=O) groups is 1. The first kappa shape index (κ1) is 18.4. The molecule has 0 heterocycles. The summed E-state index contributed by atoms with van der Waals surface area (Å²) in [4.78, 5) is 14.8. The Kier molecular flexibility index (Phi) is 3.61. The Balaban J connectivity index is 1.53. The summed E-state index contributed by atoms with van der Waals surface area (Å²) in [5.41, 5.74) is 1.85. The molecule has 0 amide bonds. The van der Waals surface area contributed by atoms with Crippen molar-refractivity contribution < 1.29 is 4.79 Å². The summed E-state index contributed by atoms with van der Waals surface area (Å²) in [7, 11) is 4.53. The van der Waals surface area contributed by atoms with Crippen molar-refractivity contribution in [3.8, 4) is 0 Å². The third-order valence-electron chi connectivity index (χ3n) is 11.5. The maximum Gasteiger partial charge on any atom is 0.158 e. The molecule has 0 aliphatic heterocycles. The van der Waals surface area contributed by atoms with E-state index in [0.29, 0.717) is 39.4 Å². The van der Waals surface area contributed by atoms with Crippen molar-refractivity contribution in [1.29, 1.82) is 0 Å². The van der Waals surface area contributed by atoms with Crippen LogP contribution < -0.4 is 0 Å². The number of hydrogen-bond acceptors (Lipinski definition) is 2. The number of ketones is 1. The second-order valence-corrected chi connectivity index (χ2v) is 11.8. The first-order chi connectivity index (χ1) is 12.6. The minimum atomic E-state index is 0.251. The van der Waals surface area contributed by atoms with E-state index in [1.165, 1.54) is 44.9 Å². The van der Waals surface area contributed by atoms with Crippen LogP contribution in [0.15, 0.2) is 12.2 Å². The summed E-state index contributed by atoms with van der Waals surface area (Å²) in [5, 5.41) is 0. The molecule has 0 N–H and O–H groups in total. The van der Waals surface area contributed by atoms with Crippen molar-refractivity contribution >= 4 is 5.78 Å². The van der Waals surface area contributed by atoms with E-state index in [1.54, 1.807) is 0 Å². The Labute approximate surface area is 166 Å². The highest BCUT2D eigenvalue weighted by Gasteiger charge is 2.80. The van der Waals surface area contributed by atoms with Crippen molar-refractivity contribution in [3.05, 3.63) is 12.2 Å². The van der Waals surface area contributed by atoms with Gasteiger partial charge in [-0.05, 0) is 111 Å². The summed E-state index contributed by atoms with van der Waals surface area (Å²) < 4.78 is 0. The van der Waals surface area contributed by atoms with Crippen molar-refractivity contribution in [2.24, 2.45) is 45.3 Å². The molecule has 2 heteroatoms. The van der Waals surface area contributed by atoms with Gasteiger partial charge in [-0.25, -0.2) is 0 Å². The third kappa shape index (κ3) is 1.90. The summed E-state index contributed by atoms with van der Waals surface area (Å²) in [6.07, 6.45) is 14.0. The lowest BCUT2D eigenvalue weighted by molar-refractivity contribution is -0.132. The van der Waals surface area contributed by atoms with E-state index in [2.05, 4.69) is 52.8 Å². The zero-order valence-corrected chi connectivity index (χ0v) is 18.3. The number of nitrogens with zero attached hydrogens (tertiary/aromatic N) is 1. The maximum absolute atomic E-state index is 12.4. The van der Waals surface area contributed by atoms with E-state index in [0.717, 1.165) is 11.8 Å². The Morgan fingerprint density at radius 1 is 1.07 bits per heavy atom. The van der Waals surface area contributed by atoms with Crippen LogP contribution in [-0.2, 0) is 4.79 Å². The van der Waals surface area contributed by atoms with Crippen molar-refractivity contribution in [2.45, 2.75) is 78.7 Å². The van der Waals surface area contributed by atoms with E-state index in [1.807, 2.05) is 6.08 Å². The smallest absolute Gasteiger partial charge is 0.158 e. The van der Waals surface area contributed by atoms with Crippen LogP contribution in [0.5, 0.6) is 0 Å². The first-order valence-corrected chi connectivity index (χ1v) is 11.5. The predicted octanol–water partition coefficient (Wildman–Crippen LogP) is 5.33. The lowest BCUT2D eigenvalue weighted by Gasteiger charge is -2.61. The lowest BCUT2D eigenvalue weighted by atomic mass is 9.43. The molecule has 2 spiro atoms. The molecule has 4 saturated carbocycles. The molecule has 2 nitrogen and oxygen atoms in total. The quantitative estimate of drug-likeness (QED) is 0.655. The van der Waals surface area contributed by atoms with Crippen LogP contribution in [0.3, 0.4) is 0 Å². The van der Waals surface area contributed by atoms with Gasteiger partial charge in [-0.15, -0.1) is 0 Å². The molecule has 5 aliphatic rings. The van der Waals surface area contributed by atoms with Crippen molar-refractivity contribution in [3.63, 3.8) is 0 Å². The Morgan fingerprint density at radius 3 is 2.52 bits per heavy atom. The minimum Gasteiger partial charge on any atom is -0.306 e. The second kappa shape index (κ2) is 5.29. The highest BCUT2D eigenvalue weighted by molar-refractivity contribution is 5.93. The SMILES string of the molecule is C[C@H]1C(=O)C=C[C@]23C[C@]24CC[C@]2(C)[C@@H]([C@H](C)N(C)C)CC[C@@]2(C)[C@@H]4CC[C@@H]13. The maximum atomic E-state index is 12.4. The molecule has 0 radical (unpaired) electrons. The molecule has 9 atom stereocenters. The fourth-order valence-corrected chi connectivity index (χ4v) is 9.50. The van der Waals surface area contributed by atoms with Crippen LogP contribution in [0.25, 0.3) is 0 Å². The Bertz CT molecular complexity index is 711. The van der Waals surface area contributed by atoms with Crippen LogP contribution in [0.1, 0.15) is 72.6 Å². The van der Waals surface area contributed by atoms with Gasteiger partial charge in [-0.1, -0.05) is 26.8 Å². The summed E-state index contributed by atoms with van der Waals surface area (Å²) in [5.74, 6) is 2.95. The van der Waals surface area contributed by atoms with E-state index in [-0.39, 0.29) is 5.92 Å². The van der Waals surface area contributed by atoms with Crippen LogP contribution >= 0.6 is 0 Å². The van der Waals surface area contributed by atoms with Crippen molar-refractivity contribution in [2.75, 3.05) is 14.1 Å². The number of hydrogen-bond donors (Lipinski definition) is 0. The molecule has 5 rings (SSSR count). The van der Waals surface area contributed by atoms with E-state index < -0.39 is 0 Å². The highest BCUT2D eigenvalue weighted by Crippen LogP contribution is 2.87. The number of allylic oxidation sites excluding steroid dienone is 2. The van der Waals surface area contributed by atoms with E-state index >= 15 is 0 Å². The molecule has 0 unspecified atom stereocenters. The molecule has 0 aromatic heterocycles. The van der Waals surface area contributed by atoms with Gasteiger partial charge < -0.3 is 4.90 Å². The fraction of sp³-hybridized carbons (Fsp3) is 0.880. The fourth-order valence-electron chi connectivity index (χ4n) is 9.50. The van der Waals surface area contributed by atoms with Crippen molar-refractivity contribution in [1.82, 2.24) is 4.90 Å². The number of rotatable bonds is 2. The van der Waals surface area contributed by atoms with Crippen LogP contribution in [-0.4, -0.2) is 30.8 Å². The summed E-state index contributed by atoms with van der Waals surface area (Å²) in [6, 6.07) is 0.669. The van der Waals surface area contributed by atoms with Crippen LogP contribution in [0.2, 0.25) is 0 Å². The second-order valence-electron chi connectivity index (χ2n) is 11.8. The van der Waals surface area contributed by atoms with Gasteiger partial charge in [0, 0.05) is 12.0 Å².